The molecule has 4 rings (SSSR count). The molecule has 0 unspecified atom stereocenters. The summed E-state index contributed by atoms with van der Waals surface area (Å²) in [7, 11) is 1.66. The van der Waals surface area contributed by atoms with Gasteiger partial charge in [-0.05, 0) is 50.2 Å². The molecule has 1 heterocycles. The molecule has 2 aliphatic carbocycles. The summed E-state index contributed by atoms with van der Waals surface area (Å²) in [6.45, 7) is 0.940. The summed E-state index contributed by atoms with van der Waals surface area (Å²) >= 11 is 1.51. The summed E-state index contributed by atoms with van der Waals surface area (Å²) in [5, 5.41) is 3.60. The number of ether oxygens (including phenoxy) is 1. The van der Waals surface area contributed by atoms with E-state index in [0.717, 1.165) is 55.4 Å². The number of thiophene rings is 1. The molecule has 29 heavy (non-hydrogen) atoms. The summed E-state index contributed by atoms with van der Waals surface area (Å²) < 4.78 is 5.46. The lowest BCUT2D eigenvalue weighted by molar-refractivity contribution is -0.117. The third-order valence-corrected chi connectivity index (χ3v) is 6.85. The Balaban J connectivity index is 1.48. The van der Waals surface area contributed by atoms with Crippen molar-refractivity contribution < 1.29 is 14.3 Å². The summed E-state index contributed by atoms with van der Waals surface area (Å²) in [5.74, 6) is 0.279. The van der Waals surface area contributed by atoms with Gasteiger partial charge >= 0.3 is 0 Å². The second-order valence-electron chi connectivity index (χ2n) is 7.78. The highest BCUT2D eigenvalue weighted by atomic mass is 32.1. The van der Waals surface area contributed by atoms with E-state index >= 15 is 0 Å². The van der Waals surface area contributed by atoms with Gasteiger partial charge in [-0.15, -0.1) is 11.3 Å². The molecule has 0 atom stereocenters. The van der Waals surface area contributed by atoms with Crippen molar-refractivity contribution in [2.45, 2.75) is 51.1 Å². The molecular formula is C22H27N3O3S. The first-order valence-corrected chi connectivity index (χ1v) is 11.0. The predicted octanol–water partition coefficient (Wildman–Crippen LogP) is 3.34. The fourth-order valence-corrected chi connectivity index (χ4v) is 5.38. The second-order valence-corrected chi connectivity index (χ2v) is 8.88. The van der Waals surface area contributed by atoms with E-state index in [0.29, 0.717) is 23.2 Å². The van der Waals surface area contributed by atoms with Crippen LogP contribution in [0.5, 0.6) is 5.75 Å². The van der Waals surface area contributed by atoms with Crippen LogP contribution >= 0.6 is 11.3 Å². The molecule has 1 aromatic heterocycles. The van der Waals surface area contributed by atoms with E-state index in [4.69, 9.17) is 10.5 Å². The van der Waals surface area contributed by atoms with E-state index in [1.54, 1.807) is 7.11 Å². The Morgan fingerprint density at radius 1 is 1.24 bits per heavy atom. The average molecular weight is 414 g/mol. The van der Waals surface area contributed by atoms with Crippen molar-refractivity contribution in [1.29, 1.82) is 0 Å². The Morgan fingerprint density at radius 2 is 2.00 bits per heavy atom. The van der Waals surface area contributed by atoms with Gasteiger partial charge in [0.1, 0.15) is 10.8 Å². The number of aryl methyl sites for hydroxylation is 1. The van der Waals surface area contributed by atoms with Gasteiger partial charge in [0.15, 0.2) is 0 Å². The van der Waals surface area contributed by atoms with E-state index in [2.05, 4.69) is 10.2 Å². The topological polar surface area (TPSA) is 84.7 Å². The SMILES string of the molecule is COc1ccccc1CN(CC(=O)Nc1sc2c(c1C(N)=O)CCCC2)C1CC1. The summed E-state index contributed by atoms with van der Waals surface area (Å²) in [6.07, 6.45) is 6.20. The number of hydrogen-bond acceptors (Lipinski definition) is 5. The van der Waals surface area contributed by atoms with E-state index in [9.17, 15) is 9.59 Å². The lowest BCUT2D eigenvalue weighted by Crippen LogP contribution is -2.34. The third kappa shape index (κ3) is 4.46. The van der Waals surface area contributed by atoms with Crippen LogP contribution in [0.2, 0.25) is 0 Å². The van der Waals surface area contributed by atoms with Gasteiger partial charge in [0, 0.05) is 23.0 Å². The molecule has 6 nitrogen and oxygen atoms in total. The van der Waals surface area contributed by atoms with Crippen LogP contribution < -0.4 is 15.8 Å². The zero-order chi connectivity index (χ0) is 20.4. The van der Waals surface area contributed by atoms with Crippen LogP contribution in [0.4, 0.5) is 5.00 Å². The normalized spacial score (nSPS) is 15.8. The van der Waals surface area contributed by atoms with Gasteiger partial charge in [0.2, 0.25) is 5.91 Å². The highest BCUT2D eigenvalue weighted by Gasteiger charge is 2.31. The van der Waals surface area contributed by atoms with Crippen molar-refractivity contribution in [1.82, 2.24) is 4.90 Å². The van der Waals surface area contributed by atoms with Crippen LogP contribution in [0, 0.1) is 0 Å². The standard InChI is InChI=1S/C22H27N3O3S/c1-28-17-8-4-2-6-14(17)12-25(15-10-11-15)13-19(26)24-22-20(21(23)27)16-7-3-5-9-18(16)29-22/h2,4,6,8,15H,3,5,7,9-13H2,1H3,(H2,23,27)(H,24,26). The number of hydrogen-bond donors (Lipinski definition) is 2. The van der Waals surface area contributed by atoms with E-state index < -0.39 is 5.91 Å². The number of benzene rings is 1. The van der Waals surface area contributed by atoms with Gasteiger partial charge in [0.25, 0.3) is 5.91 Å². The summed E-state index contributed by atoms with van der Waals surface area (Å²) in [5.41, 5.74) is 8.27. The number of primary amides is 1. The number of carbonyl (C=O) groups excluding carboxylic acids is 2. The number of methoxy groups -OCH3 is 1. The summed E-state index contributed by atoms with van der Waals surface area (Å²) in [6, 6.07) is 8.32. The van der Waals surface area contributed by atoms with E-state index in [-0.39, 0.29) is 12.5 Å². The summed E-state index contributed by atoms with van der Waals surface area (Å²) in [4.78, 5) is 28.3. The Morgan fingerprint density at radius 3 is 2.72 bits per heavy atom. The molecule has 1 aromatic carbocycles. The van der Waals surface area contributed by atoms with Crippen LogP contribution in [0.25, 0.3) is 0 Å². The molecule has 0 radical (unpaired) electrons. The molecule has 2 aromatic rings. The van der Waals surface area contributed by atoms with Crippen LogP contribution in [-0.2, 0) is 24.2 Å². The number of nitrogens with zero attached hydrogens (tertiary/aromatic N) is 1. The number of amides is 2. The van der Waals surface area contributed by atoms with Crippen LogP contribution in [0.15, 0.2) is 24.3 Å². The van der Waals surface area contributed by atoms with Gasteiger partial charge in [-0.2, -0.15) is 0 Å². The largest absolute Gasteiger partial charge is 0.496 e. The van der Waals surface area contributed by atoms with Crippen molar-refractivity contribution in [3.63, 3.8) is 0 Å². The molecule has 0 saturated heterocycles. The highest BCUT2D eigenvalue weighted by molar-refractivity contribution is 7.17. The molecule has 0 spiro atoms. The van der Waals surface area contributed by atoms with Gasteiger partial charge < -0.3 is 15.8 Å². The van der Waals surface area contributed by atoms with Gasteiger partial charge in [-0.1, -0.05) is 18.2 Å². The number of carbonyl (C=O) groups is 2. The molecule has 154 valence electrons. The van der Waals surface area contributed by atoms with Crippen molar-refractivity contribution in [2.75, 3.05) is 19.0 Å². The first kappa shape index (κ1) is 19.9. The Labute approximate surface area is 175 Å². The first-order chi connectivity index (χ1) is 14.1. The molecular weight excluding hydrogens is 386 g/mol. The number of nitrogens with two attached hydrogens (primary N) is 1. The molecule has 7 heteroatoms. The minimum Gasteiger partial charge on any atom is -0.496 e. The van der Waals surface area contributed by atoms with Crippen LogP contribution in [0.3, 0.4) is 0 Å². The number of para-hydroxylation sites is 1. The monoisotopic (exact) mass is 413 g/mol. The van der Waals surface area contributed by atoms with Gasteiger partial charge in [-0.25, -0.2) is 0 Å². The number of rotatable bonds is 8. The molecule has 0 bridgehead atoms. The maximum absolute atomic E-state index is 12.9. The van der Waals surface area contributed by atoms with Crippen molar-refractivity contribution >= 4 is 28.2 Å². The molecule has 2 aliphatic rings. The first-order valence-electron chi connectivity index (χ1n) is 10.2. The quantitative estimate of drug-likeness (QED) is 0.695. The molecule has 3 N–H and O–H groups in total. The van der Waals surface area contributed by atoms with Gasteiger partial charge in [0.05, 0.1) is 19.2 Å². The molecule has 1 saturated carbocycles. The number of anilines is 1. The fourth-order valence-electron chi connectivity index (χ4n) is 4.07. The zero-order valence-corrected chi connectivity index (χ0v) is 17.5. The average Bonchev–Trinajstić information content (AvgIpc) is 3.48. The lowest BCUT2D eigenvalue weighted by Gasteiger charge is -2.22. The maximum Gasteiger partial charge on any atom is 0.251 e. The Kier molecular flexibility index (Phi) is 5.87. The molecule has 0 aliphatic heterocycles. The van der Waals surface area contributed by atoms with Gasteiger partial charge in [-0.3, -0.25) is 14.5 Å². The Hall–Kier alpha value is -2.38. The lowest BCUT2D eigenvalue weighted by atomic mass is 9.95. The van der Waals surface area contributed by atoms with Crippen LogP contribution in [-0.4, -0.2) is 36.4 Å². The Bertz CT molecular complexity index is 920. The van der Waals surface area contributed by atoms with E-state index in [1.165, 1.54) is 16.2 Å². The molecule has 2 amide bonds. The predicted molar refractivity (Wildman–Crippen MR) is 115 cm³/mol. The maximum atomic E-state index is 12.9. The minimum absolute atomic E-state index is 0.104. The van der Waals surface area contributed by atoms with Crippen LogP contribution in [0.1, 0.15) is 52.0 Å². The second kappa shape index (κ2) is 8.55. The third-order valence-electron chi connectivity index (χ3n) is 5.65. The fraction of sp³-hybridized carbons (Fsp3) is 0.455. The number of nitrogens with one attached hydrogen (secondary N) is 1. The van der Waals surface area contributed by atoms with E-state index in [1.807, 2.05) is 24.3 Å². The zero-order valence-electron chi connectivity index (χ0n) is 16.7. The number of fused-ring (bicyclic) bond motifs is 1. The molecule has 1 fully saturated rings. The van der Waals surface area contributed by atoms with Crippen molar-refractivity contribution in [3.8, 4) is 5.75 Å². The smallest absolute Gasteiger partial charge is 0.251 e. The minimum atomic E-state index is -0.451. The van der Waals surface area contributed by atoms with Crippen molar-refractivity contribution in [3.05, 3.63) is 45.8 Å². The highest BCUT2D eigenvalue weighted by Crippen LogP contribution is 2.38. The van der Waals surface area contributed by atoms with Crippen molar-refractivity contribution in [2.24, 2.45) is 5.73 Å².